The van der Waals surface area contributed by atoms with Gasteiger partial charge < -0.3 is 15.2 Å². The van der Waals surface area contributed by atoms with Gasteiger partial charge in [0.05, 0.1) is 12.7 Å². The third kappa shape index (κ3) is 4.49. The van der Waals surface area contributed by atoms with Crippen LogP contribution in [0.25, 0.3) is 0 Å². The topological polar surface area (TPSA) is 41.5 Å². The number of hydrogen-bond donors (Lipinski definition) is 2. The summed E-state index contributed by atoms with van der Waals surface area (Å²) in [6, 6.07) is 0.513. The van der Waals surface area contributed by atoms with E-state index in [4.69, 9.17) is 4.74 Å². The summed E-state index contributed by atoms with van der Waals surface area (Å²) in [5.41, 5.74) is 0. The molecule has 0 saturated carbocycles. The molecule has 0 amide bonds. The Morgan fingerprint density at radius 1 is 1.47 bits per heavy atom. The molecule has 1 fully saturated rings. The van der Waals surface area contributed by atoms with Gasteiger partial charge in [0.1, 0.15) is 0 Å². The van der Waals surface area contributed by atoms with Crippen LogP contribution in [0.4, 0.5) is 0 Å². The van der Waals surface area contributed by atoms with Crippen molar-refractivity contribution >= 4 is 0 Å². The standard InChI is InChI=1S/C12H25NO2/c1-3-5-11(14)8-13-12(4-2)10-6-7-15-9-10/h10-14H,3-9H2,1-2H3. The van der Waals surface area contributed by atoms with Crippen molar-refractivity contribution in [3.8, 4) is 0 Å². The van der Waals surface area contributed by atoms with Crippen molar-refractivity contribution in [1.82, 2.24) is 5.32 Å². The second-order valence-electron chi connectivity index (χ2n) is 4.49. The van der Waals surface area contributed by atoms with Crippen LogP contribution in [0.15, 0.2) is 0 Å². The fourth-order valence-corrected chi connectivity index (χ4v) is 2.24. The van der Waals surface area contributed by atoms with E-state index in [-0.39, 0.29) is 6.10 Å². The molecule has 2 N–H and O–H groups in total. The van der Waals surface area contributed by atoms with Crippen molar-refractivity contribution in [3.63, 3.8) is 0 Å². The zero-order valence-corrected chi connectivity index (χ0v) is 10.0. The normalized spacial score (nSPS) is 25.4. The molecule has 0 spiro atoms. The minimum atomic E-state index is -0.189. The molecular formula is C12H25NO2. The van der Waals surface area contributed by atoms with Gasteiger partial charge in [-0.05, 0) is 25.2 Å². The molecule has 1 rings (SSSR count). The van der Waals surface area contributed by atoms with Gasteiger partial charge >= 0.3 is 0 Å². The largest absolute Gasteiger partial charge is 0.392 e. The summed E-state index contributed by atoms with van der Waals surface area (Å²) in [6.45, 7) is 6.81. The summed E-state index contributed by atoms with van der Waals surface area (Å²) in [5, 5.41) is 13.1. The van der Waals surface area contributed by atoms with Crippen LogP contribution in [-0.2, 0) is 4.74 Å². The van der Waals surface area contributed by atoms with Crippen molar-refractivity contribution in [2.45, 2.75) is 51.7 Å². The van der Waals surface area contributed by atoms with E-state index in [2.05, 4.69) is 19.2 Å². The Labute approximate surface area is 93.2 Å². The van der Waals surface area contributed by atoms with E-state index in [1.807, 2.05) is 0 Å². The molecule has 0 aromatic carbocycles. The number of hydrogen-bond acceptors (Lipinski definition) is 3. The number of aliphatic hydroxyl groups is 1. The zero-order valence-electron chi connectivity index (χ0n) is 10.0. The number of nitrogens with one attached hydrogen (secondary N) is 1. The molecule has 90 valence electrons. The fourth-order valence-electron chi connectivity index (χ4n) is 2.24. The maximum atomic E-state index is 9.64. The molecule has 1 aliphatic rings. The van der Waals surface area contributed by atoms with Crippen molar-refractivity contribution < 1.29 is 9.84 Å². The van der Waals surface area contributed by atoms with E-state index in [9.17, 15) is 5.11 Å². The van der Waals surface area contributed by atoms with Crippen LogP contribution in [-0.4, -0.2) is 37.0 Å². The number of rotatable bonds is 7. The van der Waals surface area contributed by atoms with Crippen LogP contribution in [0.1, 0.15) is 39.5 Å². The van der Waals surface area contributed by atoms with Crippen LogP contribution in [0.2, 0.25) is 0 Å². The number of ether oxygens (including phenoxy) is 1. The van der Waals surface area contributed by atoms with Gasteiger partial charge in [-0.3, -0.25) is 0 Å². The third-order valence-electron chi connectivity index (χ3n) is 3.21. The quantitative estimate of drug-likeness (QED) is 0.677. The van der Waals surface area contributed by atoms with E-state index in [1.54, 1.807) is 0 Å². The average molecular weight is 215 g/mol. The molecule has 0 radical (unpaired) electrons. The van der Waals surface area contributed by atoms with Crippen molar-refractivity contribution in [3.05, 3.63) is 0 Å². The van der Waals surface area contributed by atoms with Gasteiger partial charge in [-0.1, -0.05) is 20.3 Å². The Bertz CT molecular complexity index is 158. The first kappa shape index (κ1) is 12.9. The lowest BCUT2D eigenvalue weighted by Crippen LogP contribution is -2.40. The molecular weight excluding hydrogens is 190 g/mol. The Hall–Kier alpha value is -0.120. The van der Waals surface area contributed by atoms with Gasteiger partial charge in [0, 0.05) is 19.2 Å². The van der Waals surface area contributed by atoms with Crippen LogP contribution < -0.4 is 5.32 Å². The van der Waals surface area contributed by atoms with E-state index in [0.717, 1.165) is 45.4 Å². The molecule has 0 aromatic heterocycles. The second kappa shape index (κ2) is 7.20. The average Bonchev–Trinajstić information content (AvgIpc) is 2.72. The van der Waals surface area contributed by atoms with E-state index >= 15 is 0 Å². The predicted molar refractivity (Wildman–Crippen MR) is 61.9 cm³/mol. The SMILES string of the molecule is CCCC(O)CNC(CC)C1CCOC1. The minimum absolute atomic E-state index is 0.189. The molecule has 1 saturated heterocycles. The maximum absolute atomic E-state index is 9.64. The predicted octanol–water partition coefficient (Wildman–Crippen LogP) is 1.55. The first-order valence-electron chi connectivity index (χ1n) is 6.27. The lowest BCUT2D eigenvalue weighted by Gasteiger charge is -2.23. The summed E-state index contributed by atoms with van der Waals surface area (Å²) in [6.07, 6.45) is 4.03. The molecule has 0 bridgehead atoms. The molecule has 15 heavy (non-hydrogen) atoms. The summed E-state index contributed by atoms with van der Waals surface area (Å²) in [5.74, 6) is 0.642. The molecule has 0 aliphatic carbocycles. The monoisotopic (exact) mass is 215 g/mol. The highest BCUT2D eigenvalue weighted by Gasteiger charge is 2.24. The van der Waals surface area contributed by atoms with Gasteiger partial charge in [0.25, 0.3) is 0 Å². The Morgan fingerprint density at radius 3 is 2.80 bits per heavy atom. The van der Waals surface area contributed by atoms with E-state index < -0.39 is 0 Å². The molecule has 3 unspecified atom stereocenters. The maximum Gasteiger partial charge on any atom is 0.0664 e. The first-order chi connectivity index (χ1) is 7.27. The molecule has 3 atom stereocenters. The van der Waals surface area contributed by atoms with Gasteiger partial charge in [-0.2, -0.15) is 0 Å². The Kier molecular flexibility index (Phi) is 6.22. The van der Waals surface area contributed by atoms with Crippen LogP contribution >= 0.6 is 0 Å². The van der Waals surface area contributed by atoms with Gasteiger partial charge in [0.2, 0.25) is 0 Å². The van der Waals surface area contributed by atoms with E-state index in [1.165, 1.54) is 0 Å². The van der Waals surface area contributed by atoms with Crippen molar-refractivity contribution in [1.29, 1.82) is 0 Å². The molecule has 3 heteroatoms. The first-order valence-corrected chi connectivity index (χ1v) is 6.27. The van der Waals surface area contributed by atoms with E-state index in [0.29, 0.717) is 12.0 Å². The smallest absolute Gasteiger partial charge is 0.0664 e. The van der Waals surface area contributed by atoms with Gasteiger partial charge in [-0.15, -0.1) is 0 Å². The summed E-state index contributed by atoms with van der Waals surface area (Å²) >= 11 is 0. The van der Waals surface area contributed by atoms with Crippen LogP contribution in [0.3, 0.4) is 0 Å². The highest BCUT2D eigenvalue weighted by Crippen LogP contribution is 2.18. The summed E-state index contributed by atoms with van der Waals surface area (Å²) < 4.78 is 5.39. The lowest BCUT2D eigenvalue weighted by atomic mass is 9.96. The van der Waals surface area contributed by atoms with Crippen molar-refractivity contribution in [2.75, 3.05) is 19.8 Å². The molecule has 0 aromatic rings. The van der Waals surface area contributed by atoms with Crippen LogP contribution in [0.5, 0.6) is 0 Å². The molecule has 1 aliphatic heterocycles. The number of aliphatic hydroxyl groups excluding tert-OH is 1. The van der Waals surface area contributed by atoms with Crippen LogP contribution in [0, 0.1) is 5.92 Å². The summed E-state index contributed by atoms with van der Waals surface area (Å²) in [4.78, 5) is 0. The third-order valence-corrected chi connectivity index (χ3v) is 3.21. The Balaban J connectivity index is 2.20. The molecule has 3 nitrogen and oxygen atoms in total. The lowest BCUT2D eigenvalue weighted by molar-refractivity contribution is 0.143. The van der Waals surface area contributed by atoms with Gasteiger partial charge in [0.15, 0.2) is 0 Å². The van der Waals surface area contributed by atoms with Gasteiger partial charge in [-0.25, -0.2) is 0 Å². The zero-order chi connectivity index (χ0) is 11.1. The Morgan fingerprint density at radius 2 is 2.27 bits per heavy atom. The summed E-state index contributed by atoms with van der Waals surface area (Å²) in [7, 11) is 0. The highest BCUT2D eigenvalue weighted by molar-refractivity contribution is 4.79. The molecule has 1 heterocycles. The minimum Gasteiger partial charge on any atom is -0.392 e. The highest BCUT2D eigenvalue weighted by atomic mass is 16.5. The fraction of sp³-hybridized carbons (Fsp3) is 1.00. The van der Waals surface area contributed by atoms with Crippen molar-refractivity contribution in [2.24, 2.45) is 5.92 Å². The second-order valence-corrected chi connectivity index (χ2v) is 4.49.